The average Bonchev–Trinajstić information content (AvgIpc) is 2.67. The number of benzene rings is 2. The lowest BCUT2D eigenvalue weighted by atomic mass is 9.99. The summed E-state index contributed by atoms with van der Waals surface area (Å²) in [5, 5.41) is 3.39. The van der Waals surface area contributed by atoms with Crippen LogP contribution in [-0.4, -0.2) is 37.7 Å². The highest BCUT2D eigenvalue weighted by Gasteiger charge is 2.15. The van der Waals surface area contributed by atoms with Crippen LogP contribution in [0.1, 0.15) is 26.7 Å². The maximum atomic E-state index is 5.90. The molecule has 0 atom stereocenters. The van der Waals surface area contributed by atoms with Gasteiger partial charge in [0.1, 0.15) is 18.1 Å². The Morgan fingerprint density at radius 3 is 1.96 bits per heavy atom. The molecule has 140 valence electrons. The molecule has 0 aromatic heterocycles. The molecule has 0 aliphatic carbocycles. The topological polar surface area (TPSA) is 33.7 Å². The Bertz CT molecular complexity index is 647. The Balaban J connectivity index is 1.43. The number of likely N-dealkylation sites (tertiary alicyclic amines) is 1. The summed E-state index contributed by atoms with van der Waals surface area (Å²) in [6.45, 7) is 9.19. The quantitative estimate of drug-likeness (QED) is 0.728. The van der Waals surface area contributed by atoms with Crippen LogP contribution in [0.3, 0.4) is 0 Å². The van der Waals surface area contributed by atoms with E-state index >= 15 is 0 Å². The maximum absolute atomic E-state index is 5.90. The third kappa shape index (κ3) is 5.67. The van der Waals surface area contributed by atoms with Crippen molar-refractivity contribution in [1.29, 1.82) is 0 Å². The summed E-state index contributed by atoms with van der Waals surface area (Å²) in [5.74, 6) is 2.69. The van der Waals surface area contributed by atoms with E-state index in [1.165, 1.54) is 25.9 Å². The first kappa shape index (κ1) is 18.6. The first-order valence-electron chi connectivity index (χ1n) is 9.68. The minimum atomic E-state index is 0.686. The zero-order valence-corrected chi connectivity index (χ0v) is 15.9. The van der Waals surface area contributed by atoms with E-state index in [1.807, 2.05) is 55.5 Å². The molecule has 4 nitrogen and oxygen atoms in total. The van der Waals surface area contributed by atoms with Gasteiger partial charge in [0.25, 0.3) is 0 Å². The maximum Gasteiger partial charge on any atom is 0.119 e. The van der Waals surface area contributed by atoms with Crippen molar-refractivity contribution in [3.05, 3.63) is 48.5 Å². The standard InChI is InChI=1S/C22H30N2O2/c1-3-25-21-8-4-19(5-9-21)23-20-6-10-22(11-7-20)26-17-16-24-14-12-18(2)13-15-24/h4-11,18,23H,3,12-17H2,1-2H3. The number of anilines is 2. The highest BCUT2D eigenvalue weighted by molar-refractivity contribution is 5.60. The van der Waals surface area contributed by atoms with Gasteiger partial charge in [-0.2, -0.15) is 0 Å². The fraction of sp³-hybridized carbons (Fsp3) is 0.455. The highest BCUT2D eigenvalue weighted by atomic mass is 16.5. The van der Waals surface area contributed by atoms with Gasteiger partial charge < -0.3 is 14.8 Å². The van der Waals surface area contributed by atoms with Gasteiger partial charge in [-0.05, 0) is 87.3 Å². The van der Waals surface area contributed by atoms with Crippen LogP contribution in [0, 0.1) is 5.92 Å². The molecule has 2 aromatic carbocycles. The van der Waals surface area contributed by atoms with Crippen LogP contribution < -0.4 is 14.8 Å². The molecule has 0 radical (unpaired) electrons. The van der Waals surface area contributed by atoms with Crippen LogP contribution in [-0.2, 0) is 0 Å². The number of nitrogens with zero attached hydrogens (tertiary/aromatic N) is 1. The first-order chi connectivity index (χ1) is 12.7. The zero-order chi connectivity index (χ0) is 18.2. The molecule has 1 fully saturated rings. The second kappa shape index (κ2) is 9.48. The third-order valence-corrected chi connectivity index (χ3v) is 4.86. The van der Waals surface area contributed by atoms with E-state index in [0.29, 0.717) is 6.61 Å². The Hall–Kier alpha value is -2.20. The van der Waals surface area contributed by atoms with E-state index in [-0.39, 0.29) is 0 Å². The molecule has 1 aliphatic heterocycles. The predicted octanol–water partition coefficient (Wildman–Crippen LogP) is 4.94. The van der Waals surface area contributed by atoms with E-state index in [9.17, 15) is 0 Å². The van der Waals surface area contributed by atoms with E-state index in [1.54, 1.807) is 0 Å². The summed E-state index contributed by atoms with van der Waals surface area (Å²) in [5.41, 5.74) is 2.09. The fourth-order valence-electron chi connectivity index (χ4n) is 3.18. The van der Waals surface area contributed by atoms with Crippen molar-refractivity contribution in [1.82, 2.24) is 4.90 Å². The Kier molecular flexibility index (Phi) is 6.78. The second-order valence-electron chi connectivity index (χ2n) is 6.98. The first-order valence-corrected chi connectivity index (χ1v) is 9.68. The van der Waals surface area contributed by atoms with Crippen molar-refractivity contribution in [2.24, 2.45) is 5.92 Å². The van der Waals surface area contributed by atoms with Crippen LogP contribution in [0.4, 0.5) is 11.4 Å². The molecule has 0 bridgehead atoms. The summed E-state index contributed by atoms with van der Waals surface area (Å²) in [4.78, 5) is 2.50. The van der Waals surface area contributed by atoms with Crippen molar-refractivity contribution in [3.8, 4) is 11.5 Å². The number of rotatable bonds is 8. The number of hydrogen-bond donors (Lipinski definition) is 1. The molecule has 0 spiro atoms. The molecule has 0 amide bonds. The summed E-state index contributed by atoms with van der Waals surface area (Å²) in [6, 6.07) is 16.1. The van der Waals surface area contributed by atoms with Gasteiger partial charge in [-0.3, -0.25) is 4.90 Å². The van der Waals surface area contributed by atoms with Gasteiger partial charge in [-0.25, -0.2) is 0 Å². The van der Waals surface area contributed by atoms with Gasteiger partial charge in [0, 0.05) is 17.9 Å². The molecule has 26 heavy (non-hydrogen) atoms. The lowest BCUT2D eigenvalue weighted by molar-refractivity contribution is 0.160. The molecule has 0 unspecified atom stereocenters. The van der Waals surface area contributed by atoms with Crippen molar-refractivity contribution < 1.29 is 9.47 Å². The molecule has 1 N–H and O–H groups in total. The summed E-state index contributed by atoms with van der Waals surface area (Å²) < 4.78 is 11.4. The smallest absolute Gasteiger partial charge is 0.119 e. The molecular weight excluding hydrogens is 324 g/mol. The van der Waals surface area contributed by atoms with Crippen molar-refractivity contribution in [3.63, 3.8) is 0 Å². The fourth-order valence-corrected chi connectivity index (χ4v) is 3.18. The van der Waals surface area contributed by atoms with Crippen LogP contribution in [0.15, 0.2) is 48.5 Å². The van der Waals surface area contributed by atoms with E-state index in [4.69, 9.17) is 9.47 Å². The minimum Gasteiger partial charge on any atom is -0.494 e. The largest absolute Gasteiger partial charge is 0.494 e. The molecule has 0 saturated carbocycles. The van der Waals surface area contributed by atoms with Gasteiger partial charge in [0.05, 0.1) is 6.61 Å². The Morgan fingerprint density at radius 2 is 1.42 bits per heavy atom. The third-order valence-electron chi connectivity index (χ3n) is 4.86. The number of ether oxygens (including phenoxy) is 2. The Labute approximate surface area is 157 Å². The lowest BCUT2D eigenvalue weighted by Crippen LogP contribution is -2.35. The van der Waals surface area contributed by atoms with Gasteiger partial charge in [0.15, 0.2) is 0 Å². The SMILES string of the molecule is CCOc1ccc(Nc2ccc(OCCN3CCC(C)CC3)cc2)cc1. The van der Waals surface area contributed by atoms with Gasteiger partial charge in [-0.1, -0.05) is 6.92 Å². The van der Waals surface area contributed by atoms with Gasteiger partial charge in [-0.15, -0.1) is 0 Å². The predicted molar refractivity (Wildman–Crippen MR) is 108 cm³/mol. The average molecular weight is 354 g/mol. The zero-order valence-electron chi connectivity index (χ0n) is 15.9. The molecule has 1 saturated heterocycles. The van der Waals surface area contributed by atoms with Crippen molar-refractivity contribution in [2.45, 2.75) is 26.7 Å². The summed E-state index contributed by atoms with van der Waals surface area (Å²) in [6.07, 6.45) is 2.62. The number of nitrogens with one attached hydrogen (secondary N) is 1. The molecule has 4 heteroatoms. The molecule has 2 aromatic rings. The van der Waals surface area contributed by atoms with E-state index < -0.39 is 0 Å². The molecule has 3 rings (SSSR count). The van der Waals surface area contributed by atoms with Gasteiger partial charge >= 0.3 is 0 Å². The Morgan fingerprint density at radius 1 is 0.885 bits per heavy atom. The van der Waals surface area contributed by atoms with E-state index in [2.05, 4.69) is 17.1 Å². The van der Waals surface area contributed by atoms with Crippen LogP contribution in [0.5, 0.6) is 11.5 Å². The molecule has 1 heterocycles. The summed E-state index contributed by atoms with van der Waals surface area (Å²) >= 11 is 0. The second-order valence-corrected chi connectivity index (χ2v) is 6.98. The van der Waals surface area contributed by atoms with Gasteiger partial charge in [0.2, 0.25) is 0 Å². The minimum absolute atomic E-state index is 0.686. The van der Waals surface area contributed by atoms with Crippen LogP contribution in [0.25, 0.3) is 0 Å². The normalized spacial score (nSPS) is 15.6. The monoisotopic (exact) mass is 354 g/mol. The molecule has 1 aliphatic rings. The van der Waals surface area contributed by atoms with Crippen molar-refractivity contribution >= 4 is 11.4 Å². The number of piperidine rings is 1. The molecular formula is C22H30N2O2. The number of hydrogen-bond acceptors (Lipinski definition) is 4. The van der Waals surface area contributed by atoms with E-state index in [0.717, 1.165) is 41.9 Å². The van der Waals surface area contributed by atoms with Crippen molar-refractivity contribution in [2.75, 3.05) is 38.2 Å². The highest BCUT2D eigenvalue weighted by Crippen LogP contribution is 2.22. The van der Waals surface area contributed by atoms with Crippen LogP contribution in [0.2, 0.25) is 0 Å². The lowest BCUT2D eigenvalue weighted by Gasteiger charge is -2.29. The summed E-state index contributed by atoms with van der Waals surface area (Å²) in [7, 11) is 0. The van der Waals surface area contributed by atoms with Crippen LogP contribution >= 0.6 is 0 Å².